The molecule has 3 heterocycles. The van der Waals surface area contributed by atoms with Gasteiger partial charge in [-0.2, -0.15) is 0 Å². The van der Waals surface area contributed by atoms with Crippen LogP contribution in [0.25, 0.3) is 0 Å². The molecule has 122 valence electrons. The van der Waals surface area contributed by atoms with E-state index in [1.54, 1.807) is 11.0 Å². The van der Waals surface area contributed by atoms with Crippen LogP contribution in [0.4, 0.5) is 4.39 Å². The molecule has 3 fully saturated rings. The molecule has 3 atom stereocenters. The fraction of sp³-hybridized carbons (Fsp3) is 0.562. The number of pyridine rings is 1. The lowest BCUT2D eigenvalue weighted by molar-refractivity contribution is -0.143. The molecule has 1 aliphatic carbocycles. The van der Waals surface area contributed by atoms with Crippen molar-refractivity contribution in [3.63, 3.8) is 0 Å². The predicted octanol–water partition coefficient (Wildman–Crippen LogP) is 0.810. The van der Waals surface area contributed by atoms with Gasteiger partial charge in [-0.3, -0.25) is 14.6 Å². The molecule has 23 heavy (non-hydrogen) atoms. The van der Waals surface area contributed by atoms with Gasteiger partial charge in [0, 0.05) is 19.0 Å². The number of aliphatic carboxylic acids is 1. The smallest absolute Gasteiger partial charge is 0.309 e. The molecule has 4 rings (SSSR count). The number of fused-ring (bicyclic) bond motifs is 1. The number of halogens is 1. The third-order valence-electron chi connectivity index (χ3n) is 5.30. The Morgan fingerprint density at radius 3 is 2.74 bits per heavy atom. The fourth-order valence-electron chi connectivity index (χ4n) is 3.80. The molecular formula is C16H17FN2O4. The number of likely N-dealkylation sites (tertiary alicyclic amines) is 1. The molecule has 0 unspecified atom stereocenters. The van der Waals surface area contributed by atoms with Crippen molar-refractivity contribution in [2.45, 2.75) is 24.4 Å². The Balaban J connectivity index is 1.52. The molecule has 1 aromatic heterocycles. The predicted molar refractivity (Wildman–Crippen MR) is 76.0 cm³/mol. The maximum atomic E-state index is 13.0. The lowest BCUT2D eigenvalue weighted by atomic mass is 9.93. The maximum Gasteiger partial charge on any atom is 0.309 e. The molecule has 2 aliphatic heterocycles. The van der Waals surface area contributed by atoms with Crippen LogP contribution in [-0.4, -0.2) is 52.7 Å². The number of aromatic nitrogens is 1. The number of carbonyl (C=O) groups excluding carboxylic acids is 1. The van der Waals surface area contributed by atoms with E-state index in [2.05, 4.69) is 4.98 Å². The number of carbonyl (C=O) groups is 2. The molecule has 1 N–H and O–H groups in total. The highest BCUT2D eigenvalue weighted by atomic mass is 19.1. The summed E-state index contributed by atoms with van der Waals surface area (Å²) >= 11 is 0. The van der Waals surface area contributed by atoms with Crippen LogP contribution in [0.1, 0.15) is 18.5 Å². The lowest BCUT2D eigenvalue weighted by Gasteiger charge is -2.24. The lowest BCUT2D eigenvalue weighted by Crippen LogP contribution is -2.40. The van der Waals surface area contributed by atoms with Crippen molar-refractivity contribution >= 4 is 11.9 Å². The average molecular weight is 320 g/mol. The summed E-state index contributed by atoms with van der Waals surface area (Å²) in [6.07, 6.45) is 2.32. The Labute approximate surface area is 132 Å². The van der Waals surface area contributed by atoms with E-state index in [-0.39, 0.29) is 24.5 Å². The van der Waals surface area contributed by atoms with Crippen LogP contribution >= 0.6 is 0 Å². The van der Waals surface area contributed by atoms with E-state index >= 15 is 0 Å². The first kappa shape index (κ1) is 14.6. The van der Waals surface area contributed by atoms with Crippen molar-refractivity contribution in [1.82, 2.24) is 9.88 Å². The first-order valence-electron chi connectivity index (χ1n) is 7.77. The second-order valence-electron chi connectivity index (χ2n) is 6.63. The molecule has 0 radical (unpaired) electrons. The molecule has 1 saturated carbocycles. The van der Waals surface area contributed by atoms with Crippen LogP contribution in [-0.2, 0) is 19.7 Å². The summed E-state index contributed by atoms with van der Waals surface area (Å²) in [5, 5.41) is 9.23. The van der Waals surface area contributed by atoms with E-state index in [0.717, 1.165) is 6.20 Å². The summed E-state index contributed by atoms with van der Waals surface area (Å²) in [7, 11) is 0. The monoisotopic (exact) mass is 320 g/mol. The fourth-order valence-corrected chi connectivity index (χ4v) is 3.80. The van der Waals surface area contributed by atoms with Crippen molar-refractivity contribution in [1.29, 1.82) is 0 Å². The summed E-state index contributed by atoms with van der Waals surface area (Å²) in [5.74, 6) is -2.03. The quantitative estimate of drug-likeness (QED) is 0.891. The summed E-state index contributed by atoms with van der Waals surface area (Å²) < 4.78 is 18.6. The summed E-state index contributed by atoms with van der Waals surface area (Å²) in [5.41, 5.74) is -0.0675. The van der Waals surface area contributed by atoms with Gasteiger partial charge in [0.15, 0.2) is 0 Å². The third-order valence-corrected chi connectivity index (χ3v) is 5.30. The number of amides is 1. The van der Waals surface area contributed by atoms with E-state index in [1.165, 1.54) is 6.07 Å². The van der Waals surface area contributed by atoms with Gasteiger partial charge in [0.05, 0.1) is 35.9 Å². The Kier molecular flexibility index (Phi) is 3.16. The number of carboxylic acid groups (broad SMARTS) is 1. The Hall–Kier alpha value is -2.02. The summed E-state index contributed by atoms with van der Waals surface area (Å²) in [4.78, 5) is 29.9. The van der Waals surface area contributed by atoms with Crippen LogP contribution in [0.5, 0.6) is 0 Å². The first-order chi connectivity index (χ1) is 11.0. The van der Waals surface area contributed by atoms with E-state index in [1.807, 2.05) is 0 Å². The van der Waals surface area contributed by atoms with Gasteiger partial charge in [-0.15, -0.1) is 0 Å². The molecule has 7 heteroatoms. The number of ether oxygens (including phenoxy) is 1. The van der Waals surface area contributed by atoms with E-state index in [4.69, 9.17) is 4.74 Å². The van der Waals surface area contributed by atoms with Crippen LogP contribution in [0.3, 0.4) is 0 Å². The second-order valence-corrected chi connectivity index (χ2v) is 6.63. The molecule has 0 aromatic carbocycles. The molecule has 1 amide bonds. The molecular weight excluding hydrogens is 303 g/mol. The van der Waals surface area contributed by atoms with E-state index in [0.29, 0.717) is 31.6 Å². The van der Waals surface area contributed by atoms with Crippen molar-refractivity contribution in [2.75, 3.05) is 19.7 Å². The van der Waals surface area contributed by atoms with Gasteiger partial charge in [-0.05, 0) is 25.0 Å². The largest absolute Gasteiger partial charge is 0.481 e. The highest BCUT2D eigenvalue weighted by Gasteiger charge is 2.57. The first-order valence-corrected chi connectivity index (χ1v) is 7.77. The number of nitrogens with zero attached hydrogens (tertiary/aromatic N) is 2. The number of hydrogen-bond acceptors (Lipinski definition) is 4. The highest BCUT2D eigenvalue weighted by molar-refractivity contribution is 5.91. The Morgan fingerprint density at radius 2 is 2.13 bits per heavy atom. The van der Waals surface area contributed by atoms with Crippen molar-refractivity contribution in [2.24, 2.45) is 11.8 Å². The van der Waals surface area contributed by atoms with E-state index in [9.17, 15) is 19.1 Å². The SMILES string of the molecule is O=C(O)[C@@H]1CO[C@@H]2CN(C(=O)C3(c4ccc(F)cn4)CC3)C[C@@H]21. The van der Waals surface area contributed by atoms with Crippen molar-refractivity contribution < 1.29 is 23.8 Å². The zero-order valence-electron chi connectivity index (χ0n) is 12.4. The number of hydrogen-bond donors (Lipinski definition) is 1. The Morgan fingerprint density at radius 1 is 1.35 bits per heavy atom. The third kappa shape index (κ3) is 2.22. The molecule has 0 spiro atoms. The highest BCUT2D eigenvalue weighted by Crippen LogP contribution is 2.50. The molecule has 0 bridgehead atoms. The Bertz CT molecular complexity index is 659. The standard InChI is InChI=1S/C16H17FN2O4/c17-9-1-2-13(18-5-9)16(3-4-16)15(22)19-6-10-11(14(20)21)8-23-12(10)7-19/h1-2,5,10-12H,3-4,6-8H2,(H,20,21)/t10-,11-,12-/m1/s1. The van der Waals surface area contributed by atoms with Crippen LogP contribution in [0.2, 0.25) is 0 Å². The van der Waals surface area contributed by atoms with Crippen LogP contribution in [0.15, 0.2) is 18.3 Å². The van der Waals surface area contributed by atoms with Gasteiger partial charge < -0.3 is 14.7 Å². The van der Waals surface area contributed by atoms with Crippen molar-refractivity contribution in [3.05, 3.63) is 29.8 Å². The van der Waals surface area contributed by atoms with Gasteiger partial charge in [0.1, 0.15) is 5.82 Å². The second kappa shape index (κ2) is 4.99. The van der Waals surface area contributed by atoms with Crippen molar-refractivity contribution in [3.8, 4) is 0 Å². The number of rotatable bonds is 3. The van der Waals surface area contributed by atoms with Gasteiger partial charge in [-0.25, -0.2) is 4.39 Å². The molecule has 6 nitrogen and oxygen atoms in total. The minimum absolute atomic E-state index is 0.0428. The number of carboxylic acids is 1. The van der Waals surface area contributed by atoms with Gasteiger partial charge in [0.2, 0.25) is 5.91 Å². The van der Waals surface area contributed by atoms with Gasteiger partial charge in [0.25, 0.3) is 0 Å². The molecule has 3 aliphatic rings. The summed E-state index contributed by atoms with van der Waals surface area (Å²) in [6, 6.07) is 2.88. The minimum Gasteiger partial charge on any atom is -0.481 e. The molecule has 2 saturated heterocycles. The zero-order valence-corrected chi connectivity index (χ0v) is 12.4. The zero-order chi connectivity index (χ0) is 16.2. The van der Waals surface area contributed by atoms with Gasteiger partial charge in [-0.1, -0.05) is 0 Å². The topological polar surface area (TPSA) is 79.7 Å². The van der Waals surface area contributed by atoms with Crippen LogP contribution < -0.4 is 0 Å². The van der Waals surface area contributed by atoms with E-state index < -0.39 is 23.1 Å². The van der Waals surface area contributed by atoms with Gasteiger partial charge >= 0.3 is 5.97 Å². The maximum absolute atomic E-state index is 13.0. The average Bonchev–Trinajstić information content (AvgIpc) is 3.06. The normalized spacial score (nSPS) is 31.0. The summed E-state index contributed by atoms with van der Waals surface area (Å²) in [6.45, 7) is 1.05. The minimum atomic E-state index is -0.867. The van der Waals surface area contributed by atoms with Crippen LogP contribution in [0, 0.1) is 17.7 Å². The molecule has 1 aromatic rings.